The first-order chi connectivity index (χ1) is 8.05. The topological polar surface area (TPSA) is 55.1 Å². The number of hydrogen-bond donors (Lipinski definition) is 2. The van der Waals surface area contributed by atoms with Crippen molar-refractivity contribution in [1.29, 1.82) is 0 Å². The minimum absolute atomic E-state index is 0.0915. The number of carbonyl (C=O) groups is 1. The molecule has 0 aliphatic rings. The molecule has 0 aliphatic carbocycles. The number of rotatable bonds is 2. The molecule has 1 aromatic rings. The summed E-state index contributed by atoms with van der Waals surface area (Å²) in [4.78, 5) is 10.9. The van der Waals surface area contributed by atoms with Gasteiger partial charge in [0.15, 0.2) is 0 Å². The zero-order valence-corrected chi connectivity index (χ0v) is 10.1. The second-order valence-corrected chi connectivity index (χ2v) is 4.12. The summed E-state index contributed by atoms with van der Waals surface area (Å²) in [5.41, 5.74) is 5.36. The van der Waals surface area contributed by atoms with Crippen molar-refractivity contribution in [2.45, 2.75) is 12.1 Å². The van der Waals surface area contributed by atoms with Crippen LogP contribution in [-0.4, -0.2) is 18.0 Å². The van der Waals surface area contributed by atoms with Gasteiger partial charge < -0.3 is 11.1 Å². The Kier molecular flexibility index (Phi) is 3.84. The molecule has 0 aliphatic heterocycles. The molecular weight excluding hydrogens is 327 g/mol. The van der Waals surface area contributed by atoms with Crippen LogP contribution in [0.25, 0.3) is 0 Å². The second-order valence-electron chi connectivity index (χ2n) is 3.27. The van der Waals surface area contributed by atoms with E-state index in [0.29, 0.717) is 0 Å². The molecular formula is C9H6BrF5N2O. The molecule has 0 saturated carbocycles. The van der Waals surface area contributed by atoms with Crippen molar-refractivity contribution in [2.75, 3.05) is 11.1 Å². The van der Waals surface area contributed by atoms with Gasteiger partial charge in [-0.2, -0.15) is 22.0 Å². The van der Waals surface area contributed by atoms with Gasteiger partial charge in [-0.15, -0.1) is 0 Å². The minimum atomic E-state index is -5.95. The highest BCUT2D eigenvalue weighted by atomic mass is 79.9. The minimum Gasteiger partial charge on any atom is -0.399 e. The standard InChI is InChI=1S/C9H6BrF5N2O/c10-5-3-4(16)1-2-6(5)17-7(18)8(11,12)9(13,14)15/h1-3H,16H2,(H,17,18). The van der Waals surface area contributed by atoms with E-state index >= 15 is 0 Å². The van der Waals surface area contributed by atoms with Gasteiger partial charge >= 0.3 is 18.0 Å². The monoisotopic (exact) mass is 332 g/mol. The fourth-order valence-corrected chi connectivity index (χ4v) is 1.46. The summed E-state index contributed by atoms with van der Waals surface area (Å²) in [7, 11) is 0. The van der Waals surface area contributed by atoms with Crippen molar-refractivity contribution < 1.29 is 26.7 Å². The quantitative estimate of drug-likeness (QED) is 0.645. The van der Waals surface area contributed by atoms with E-state index in [-0.39, 0.29) is 15.8 Å². The third-order valence-corrected chi connectivity index (χ3v) is 2.54. The summed E-state index contributed by atoms with van der Waals surface area (Å²) < 4.78 is 61.1. The number of anilines is 2. The zero-order valence-electron chi connectivity index (χ0n) is 8.49. The van der Waals surface area contributed by atoms with E-state index in [0.717, 1.165) is 6.07 Å². The number of benzene rings is 1. The normalized spacial score (nSPS) is 12.3. The lowest BCUT2D eigenvalue weighted by Crippen LogP contribution is -2.47. The lowest BCUT2D eigenvalue weighted by molar-refractivity contribution is -0.267. The predicted molar refractivity (Wildman–Crippen MR) is 58.2 cm³/mol. The van der Waals surface area contributed by atoms with E-state index in [4.69, 9.17) is 5.73 Å². The summed E-state index contributed by atoms with van der Waals surface area (Å²) in [6, 6.07) is 3.59. The number of nitrogens with one attached hydrogen (secondary N) is 1. The van der Waals surface area contributed by atoms with Crippen molar-refractivity contribution in [2.24, 2.45) is 0 Å². The summed E-state index contributed by atoms with van der Waals surface area (Å²) in [5.74, 6) is -7.92. The van der Waals surface area contributed by atoms with Crippen LogP contribution in [0.1, 0.15) is 0 Å². The van der Waals surface area contributed by atoms with Crippen LogP contribution in [0.4, 0.5) is 33.3 Å². The van der Waals surface area contributed by atoms with Crippen molar-refractivity contribution in [3.8, 4) is 0 Å². The highest BCUT2D eigenvalue weighted by Gasteiger charge is 2.63. The third-order valence-electron chi connectivity index (χ3n) is 1.88. The van der Waals surface area contributed by atoms with Gasteiger partial charge in [0.2, 0.25) is 0 Å². The molecule has 0 radical (unpaired) electrons. The SMILES string of the molecule is Nc1ccc(NC(=O)C(F)(F)C(F)(F)F)c(Br)c1. The Bertz CT molecular complexity index is 475. The summed E-state index contributed by atoms with van der Waals surface area (Å²) >= 11 is 2.87. The van der Waals surface area contributed by atoms with Crippen LogP contribution in [0.5, 0.6) is 0 Å². The highest BCUT2D eigenvalue weighted by Crippen LogP contribution is 2.37. The summed E-state index contributed by atoms with van der Waals surface area (Å²) in [5, 5.41) is 1.47. The average Bonchev–Trinajstić information content (AvgIpc) is 2.20. The molecule has 3 nitrogen and oxygen atoms in total. The molecule has 18 heavy (non-hydrogen) atoms. The van der Waals surface area contributed by atoms with E-state index in [9.17, 15) is 26.7 Å². The van der Waals surface area contributed by atoms with E-state index < -0.39 is 18.0 Å². The third kappa shape index (κ3) is 2.89. The van der Waals surface area contributed by atoms with E-state index in [1.165, 1.54) is 17.4 Å². The van der Waals surface area contributed by atoms with Gasteiger partial charge in [-0.1, -0.05) is 0 Å². The fraction of sp³-hybridized carbons (Fsp3) is 0.222. The Morgan fingerprint density at radius 1 is 1.22 bits per heavy atom. The molecule has 0 bridgehead atoms. The average molecular weight is 333 g/mol. The molecule has 3 N–H and O–H groups in total. The van der Waals surface area contributed by atoms with E-state index in [1.807, 2.05) is 0 Å². The van der Waals surface area contributed by atoms with Gasteiger partial charge in [0.05, 0.1) is 5.69 Å². The summed E-state index contributed by atoms with van der Waals surface area (Å²) in [6.45, 7) is 0. The molecule has 0 atom stereocenters. The molecule has 0 heterocycles. The lowest BCUT2D eigenvalue weighted by Gasteiger charge is -2.19. The number of carbonyl (C=O) groups excluding carboxylic acids is 1. The Morgan fingerprint density at radius 3 is 2.22 bits per heavy atom. The fourth-order valence-electron chi connectivity index (χ4n) is 0.962. The van der Waals surface area contributed by atoms with Crippen LogP contribution < -0.4 is 11.1 Å². The smallest absolute Gasteiger partial charge is 0.399 e. The second kappa shape index (κ2) is 4.71. The van der Waals surface area contributed by atoms with Crippen LogP contribution in [-0.2, 0) is 4.79 Å². The first kappa shape index (κ1) is 14.7. The molecule has 0 aromatic heterocycles. The predicted octanol–water partition coefficient (Wildman–Crippen LogP) is 3.17. The van der Waals surface area contributed by atoms with Gasteiger partial charge in [0.1, 0.15) is 0 Å². The van der Waals surface area contributed by atoms with Crippen LogP contribution in [0.15, 0.2) is 22.7 Å². The van der Waals surface area contributed by atoms with E-state index in [1.54, 1.807) is 0 Å². The number of nitrogen functional groups attached to an aromatic ring is 1. The Labute approximate surface area is 106 Å². The first-order valence-electron chi connectivity index (χ1n) is 4.36. The number of halogens is 6. The van der Waals surface area contributed by atoms with Gasteiger partial charge in [-0.25, -0.2) is 0 Å². The first-order valence-corrected chi connectivity index (χ1v) is 5.16. The van der Waals surface area contributed by atoms with Gasteiger partial charge in [-0.05, 0) is 34.1 Å². The molecule has 0 unspecified atom stereocenters. The van der Waals surface area contributed by atoms with Crippen LogP contribution >= 0.6 is 15.9 Å². The molecule has 0 spiro atoms. The van der Waals surface area contributed by atoms with Crippen LogP contribution in [0.3, 0.4) is 0 Å². The van der Waals surface area contributed by atoms with Gasteiger partial charge in [0.25, 0.3) is 0 Å². The molecule has 1 amide bonds. The van der Waals surface area contributed by atoms with Crippen LogP contribution in [0, 0.1) is 0 Å². The Hall–Kier alpha value is -1.38. The number of amides is 1. The zero-order chi connectivity index (χ0) is 14.1. The number of nitrogens with two attached hydrogens (primary N) is 1. The van der Waals surface area contributed by atoms with Gasteiger partial charge in [0, 0.05) is 10.2 Å². The molecule has 1 aromatic carbocycles. The highest BCUT2D eigenvalue weighted by molar-refractivity contribution is 9.10. The maximum atomic E-state index is 12.6. The van der Waals surface area contributed by atoms with Crippen molar-refractivity contribution >= 4 is 33.2 Å². The van der Waals surface area contributed by atoms with Crippen molar-refractivity contribution in [1.82, 2.24) is 0 Å². The molecule has 100 valence electrons. The maximum Gasteiger partial charge on any atom is 0.463 e. The van der Waals surface area contributed by atoms with Crippen molar-refractivity contribution in [3.05, 3.63) is 22.7 Å². The molecule has 1 rings (SSSR count). The number of alkyl halides is 5. The Morgan fingerprint density at radius 2 is 1.78 bits per heavy atom. The molecule has 0 saturated heterocycles. The maximum absolute atomic E-state index is 12.6. The summed E-state index contributed by atoms with van der Waals surface area (Å²) in [6.07, 6.45) is -5.95. The number of hydrogen-bond acceptors (Lipinski definition) is 2. The lowest BCUT2D eigenvalue weighted by atomic mass is 10.2. The van der Waals surface area contributed by atoms with Crippen LogP contribution in [0.2, 0.25) is 0 Å². The van der Waals surface area contributed by atoms with Gasteiger partial charge in [-0.3, -0.25) is 4.79 Å². The Balaban J connectivity index is 2.95. The largest absolute Gasteiger partial charge is 0.463 e. The van der Waals surface area contributed by atoms with E-state index in [2.05, 4.69) is 15.9 Å². The molecule has 0 fully saturated rings. The molecule has 9 heteroatoms. The van der Waals surface area contributed by atoms with Crippen molar-refractivity contribution in [3.63, 3.8) is 0 Å².